The molecule has 0 bridgehead atoms. The fraction of sp³-hybridized carbons (Fsp3) is 0.444. The molecule has 1 N–H and O–H groups in total. The van der Waals surface area contributed by atoms with Crippen LogP contribution in [-0.2, 0) is 9.59 Å². The molecular weight excluding hydrogens is 430 g/mol. The van der Waals surface area contributed by atoms with Crippen LogP contribution in [0.1, 0.15) is 57.2 Å². The molecule has 1 saturated heterocycles. The van der Waals surface area contributed by atoms with Gasteiger partial charge in [0, 0.05) is 24.5 Å². The van der Waals surface area contributed by atoms with Gasteiger partial charge in [0.25, 0.3) is 11.7 Å². The van der Waals surface area contributed by atoms with E-state index in [0.29, 0.717) is 24.5 Å². The third-order valence-corrected chi connectivity index (χ3v) is 6.20. The van der Waals surface area contributed by atoms with Gasteiger partial charge in [-0.15, -0.1) is 0 Å². The molecule has 0 aliphatic carbocycles. The summed E-state index contributed by atoms with van der Waals surface area (Å²) in [4.78, 5) is 34.2. The molecule has 1 fully saturated rings. The van der Waals surface area contributed by atoms with E-state index in [1.54, 1.807) is 47.6 Å². The zero-order valence-corrected chi connectivity index (χ0v) is 20.4. The molecule has 1 unspecified atom stereocenters. The Labute approximate surface area is 202 Å². The minimum atomic E-state index is -0.667. The third kappa shape index (κ3) is 5.83. The monoisotopic (exact) mass is 465 g/mol. The SMILES string of the molecule is CCCCOc1cccc(C(O)=C2C(=O)C(=O)N(CCCN(CC)CC)C2c2ccncc2)c1. The summed E-state index contributed by atoms with van der Waals surface area (Å²) in [5, 5.41) is 11.2. The van der Waals surface area contributed by atoms with Crippen molar-refractivity contribution in [2.24, 2.45) is 0 Å². The van der Waals surface area contributed by atoms with E-state index < -0.39 is 17.7 Å². The quantitative estimate of drug-likeness (QED) is 0.216. The summed E-state index contributed by atoms with van der Waals surface area (Å²) in [7, 11) is 0. The van der Waals surface area contributed by atoms with Crippen molar-refractivity contribution >= 4 is 17.4 Å². The van der Waals surface area contributed by atoms with Gasteiger partial charge in [0.1, 0.15) is 11.5 Å². The molecule has 0 spiro atoms. The normalized spacial score (nSPS) is 17.5. The molecule has 7 nitrogen and oxygen atoms in total. The van der Waals surface area contributed by atoms with Gasteiger partial charge in [-0.2, -0.15) is 0 Å². The van der Waals surface area contributed by atoms with Crippen molar-refractivity contribution in [3.63, 3.8) is 0 Å². The molecule has 3 rings (SSSR count). The predicted octanol–water partition coefficient (Wildman–Crippen LogP) is 4.41. The summed E-state index contributed by atoms with van der Waals surface area (Å²) in [5.41, 5.74) is 1.30. The number of ether oxygens (including phenoxy) is 1. The molecule has 7 heteroatoms. The van der Waals surface area contributed by atoms with E-state index >= 15 is 0 Å². The lowest BCUT2D eigenvalue weighted by Gasteiger charge is -2.26. The maximum absolute atomic E-state index is 13.2. The second-order valence-corrected chi connectivity index (χ2v) is 8.38. The number of aliphatic hydroxyl groups excluding tert-OH is 1. The maximum Gasteiger partial charge on any atom is 0.295 e. The standard InChI is InChI=1S/C27H35N3O4/c1-4-7-18-34-22-11-8-10-21(19-22)25(31)23-24(20-12-14-28-15-13-20)30(27(33)26(23)32)17-9-16-29(5-2)6-3/h8,10-15,19,24,31H,4-7,9,16-18H2,1-3H3. The van der Waals surface area contributed by atoms with Crippen molar-refractivity contribution < 1.29 is 19.4 Å². The van der Waals surface area contributed by atoms with Crippen LogP contribution in [0.5, 0.6) is 5.75 Å². The molecule has 0 saturated carbocycles. The highest BCUT2D eigenvalue weighted by atomic mass is 16.5. The van der Waals surface area contributed by atoms with Crippen molar-refractivity contribution in [2.45, 2.75) is 46.1 Å². The molecule has 1 aliphatic heterocycles. The number of likely N-dealkylation sites (tertiary alicyclic amines) is 1. The summed E-state index contributed by atoms with van der Waals surface area (Å²) in [6.07, 6.45) is 5.94. The Morgan fingerprint density at radius 1 is 1.09 bits per heavy atom. The molecule has 0 radical (unpaired) electrons. The van der Waals surface area contributed by atoms with E-state index in [2.05, 4.69) is 30.7 Å². The number of amides is 1. The van der Waals surface area contributed by atoms with Crippen LogP contribution in [-0.4, -0.2) is 64.4 Å². The van der Waals surface area contributed by atoms with E-state index in [0.717, 1.165) is 44.5 Å². The molecule has 2 aromatic rings. The number of aromatic nitrogens is 1. The molecule has 182 valence electrons. The molecule has 1 atom stereocenters. The number of ketones is 1. The second kappa shape index (κ2) is 12.3. The first-order valence-electron chi connectivity index (χ1n) is 12.2. The molecule has 34 heavy (non-hydrogen) atoms. The zero-order chi connectivity index (χ0) is 24.5. The minimum Gasteiger partial charge on any atom is -0.507 e. The number of benzene rings is 1. The average Bonchev–Trinajstić information content (AvgIpc) is 3.12. The van der Waals surface area contributed by atoms with Gasteiger partial charge >= 0.3 is 0 Å². The van der Waals surface area contributed by atoms with Crippen LogP contribution in [0.4, 0.5) is 0 Å². The average molecular weight is 466 g/mol. The molecule has 1 aromatic carbocycles. The Morgan fingerprint density at radius 2 is 1.82 bits per heavy atom. The second-order valence-electron chi connectivity index (χ2n) is 8.38. The molecule has 1 aliphatic rings. The van der Waals surface area contributed by atoms with Crippen LogP contribution >= 0.6 is 0 Å². The van der Waals surface area contributed by atoms with E-state index in [-0.39, 0.29) is 11.3 Å². The molecule has 2 heterocycles. The Balaban J connectivity index is 1.96. The number of carbonyl (C=O) groups excluding carboxylic acids is 2. The number of carbonyl (C=O) groups is 2. The van der Waals surface area contributed by atoms with Gasteiger partial charge in [0.05, 0.1) is 18.2 Å². The highest BCUT2D eigenvalue weighted by molar-refractivity contribution is 6.46. The first-order chi connectivity index (χ1) is 16.5. The number of rotatable bonds is 12. The van der Waals surface area contributed by atoms with E-state index in [9.17, 15) is 14.7 Å². The Hall–Kier alpha value is -3.19. The highest BCUT2D eigenvalue weighted by Gasteiger charge is 2.45. The number of Topliss-reactive ketones (excluding diaryl/α,β-unsaturated/α-hetero) is 1. The Morgan fingerprint density at radius 3 is 2.50 bits per heavy atom. The first kappa shape index (κ1) is 25.4. The van der Waals surface area contributed by atoms with E-state index in [1.807, 2.05) is 6.07 Å². The highest BCUT2D eigenvalue weighted by Crippen LogP contribution is 2.39. The molecular formula is C27H35N3O4. The smallest absolute Gasteiger partial charge is 0.295 e. The summed E-state index contributed by atoms with van der Waals surface area (Å²) in [6.45, 7) is 9.99. The van der Waals surface area contributed by atoms with Gasteiger partial charge in [0.2, 0.25) is 0 Å². The van der Waals surface area contributed by atoms with Gasteiger partial charge in [-0.25, -0.2) is 0 Å². The first-order valence-corrected chi connectivity index (χ1v) is 12.2. The Kier molecular flexibility index (Phi) is 9.22. The largest absolute Gasteiger partial charge is 0.507 e. The van der Waals surface area contributed by atoms with Crippen LogP contribution in [0.25, 0.3) is 5.76 Å². The fourth-order valence-electron chi connectivity index (χ4n) is 4.23. The Bertz CT molecular complexity index is 1000. The lowest BCUT2D eigenvalue weighted by atomic mass is 9.96. The number of unbranched alkanes of at least 4 members (excludes halogenated alkanes) is 1. The van der Waals surface area contributed by atoms with Crippen LogP contribution < -0.4 is 4.74 Å². The number of pyridine rings is 1. The minimum absolute atomic E-state index is 0.102. The number of hydrogen-bond donors (Lipinski definition) is 1. The van der Waals surface area contributed by atoms with Crippen LogP contribution in [0.2, 0.25) is 0 Å². The maximum atomic E-state index is 13.2. The summed E-state index contributed by atoms with van der Waals surface area (Å²) >= 11 is 0. The number of aliphatic hydroxyl groups is 1. The summed E-state index contributed by atoms with van der Waals surface area (Å²) in [5.74, 6) is -0.823. The van der Waals surface area contributed by atoms with Gasteiger partial charge < -0.3 is 19.6 Å². The predicted molar refractivity (Wildman–Crippen MR) is 132 cm³/mol. The number of hydrogen-bond acceptors (Lipinski definition) is 6. The van der Waals surface area contributed by atoms with Gasteiger partial charge in [-0.3, -0.25) is 14.6 Å². The van der Waals surface area contributed by atoms with Gasteiger partial charge in [-0.05, 0) is 62.3 Å². The fourth-order valence-corrected chi connectivity index (χ4v) is 4.23. The lowest BCUT2D eigenvalue weighted by molar-refractivity contribution is -0.140. The van der Waals surface area contributed by atoms with Gasteiger partial charge in [0.15, 0.2) is 0 Å². The van der Waals surface area contributed by atoms with Crippen molar-refractivity contribution in [3.05, 3.63) is 65.5 Å². The van der Waals surface area contributed by atoms with E-state index in [4.69, 9.17) is 4.74 Å². The summed E-state index contributed by atoms with van der Waals surface area (Å²) in [6, 6.07) is 9.93. The summed E-state index contributed by atoms with van der Waals surface area (Å²) < 4.78 is 5.77. The number of nitrogens with zero attached hydrogens (tertiary/aromatic N) is 3. The zero-order valence-electron chi connectivity index (χ0n) is 20.4. The van der Waals surface area contributed by atoms with Crippen molar-refractivity contribution in [1.82, 2.24) is 14.8 Å². The molecule has 1 aromatic heterocycles. The lowest BCUT2D eigenvalue weighted by Crippen LogP contribution is -2.33. The van der Waals surface area contributed by atoms with Crippen LogP contribution in [0.3, 0.4) is 0 Å². The van der Waals surface area contributed by atoms with Crippen LogP contribution in [0.15, 0.2) is 54.4 Å². The van der Waals surface area contributed by atoms with Crippen LogP contribution in [0, 0.1) is 0 Å². The van der Waals surface area contributed by atoms with E-state index in [1.165, 1.54) is 0 Å². The van der Waals surface area contributed by atoms with Crippen molar-refractivity contribution in [2.75, 3.05) is 32.8 Å². The third-order valence-electron chi connectivity index (χ3n) is 6.20. The van der Waals surface area contributed by atoms with Crippen molar-refractivity contribution in [1.29, 1.82) is 0 Å². The topological polar surface area (TPSA) is 83.0 Å². The molecule has 1 amide bonds. The van der Waals surface area contributed by atoms with Gasteiger partial charge in [-0.1, -0.05) is 39.3 Å². The van der Waals surface area contributed by atoms with Crippen molar-refractivity contribution in [3.8, 4) is 5.75 Å².